The van der Waals surface area contributed by atoms with Crippen LogP contribution in [0.3, 0.4) is 0 Å². The zero-order valence-corrected chi connectivity index (χ0v) is 8.58. The Labute approximate surface area is 77.3 Å². The summed E-state index contributed by atoms with van der Waals surface area (Å²) >= 11 is 5.90. The minimum atomic E-state index is 0.703. The number of rotatable bonds is 3. The molecule has 1 aromatic rings. The van der Waals surface area contributed by atoms with Crippen LogP contribution in [0.4, 0.5) is 0 Å². The van der Waals surface area contributed by atoms with Crippen LogP contribution >= 0.6 is 24.0 Å². The molecule has 0 saturated heterocycles. The predicted molar refractivity (Wildman–Crippen MR) is 53.3 cm³/mol. The Bertz CT molecular complexity index is 218. The molecule has 1 rings (SSSR count). The Morgan fingerprint density at radius 1 is 1.64 bits per heavy atom. The summed E-state index contributed by atoms with van der Waals surface area (Å²) in [4.78, 5) is 4.41. The average molecular weight is 187 g/mol. The van der Waals surface area contributed by atoms with E-state index < -0.39 is 0 Å². The first-order valence-corrected chi connectivity index (χ1v) is 5.27. The molecular formula is C8H13NS2. The maximum absolute atomic E-state index is 4.41. The first-order valence-electron chi connectivity index (χ1n) is 3.76. The molecule has 1 heterocycles. The van der Waals surface area contributed by atoms with E-state index in [1.807, 2.05) is 0 Å². The van der Waals surface area contributed by atoms with Crippen LogP contribution in [0.5, 0.6) is 0 Å². The van der Waals surface area contributed by atoms with E-state index in [4.69, 9.17) is 0 Å². The zero-order valence-electron chi connectivity index (χ0n) is 6.87. The molecule has 0 saturated carbocycles. The number of hydrogen-bond acceptors (Lipinski definition) is 3. The fourth-order valence-corrected chi connectivity index (χ4v) is 2.16. The summed E-state index contributed by atoms with van der Waals surface area (Å²) in [5.74, 6) is 1.46. The van der Waals surface area contributed by atoms with Crippen molar-refractivity contribution in [2.24, 2.45) is 5.92 Å². The lowest BCUT2D eigenvalue weighted by atomic mass is 10.1. The molecule has 0 N–H and O–H groups in total. The van der Waals surface area contributed by atoms with Gasteiger partial charge in [-0.2, -0.15) is 12.6 Å². The summed E-state index contributed by atoms with van der Waals surface area (Å²) in [5.41, 5.74) is 1.11. The summed E-state index contributed by atoms with van der Waals surface area (Å²) < 4.78 is 0. The number of nitrogens with zero attached hydrogens (tertiary/aromatic N) is 1. The van der Waals surface area contributed by atoms with Gasteiger partial charge in [0.2, 0.25) is 0 Å². The molecule has 1 nitrogen and oxygen atoms in total. The van der Waals surface area contributed by atoms with E-state index in [1.165, 1.54) is 5.01 Å². The summed E-state index contributed by atoms with van der Waals surface area (Å²) in [7, 11) is 0. The van der Waals surface area contributed by atoms with Gasteiger partial charge in [0.25, 0.3) is 0 Å². The highest BCUT2D eigenvalue weighted by Crippen LogP contribution is 2.14. The Balaban J connectivity index is 2.58. The van der Waals surface area contributed by atoms with Crippen LogP contribution in [-0.4, -0.2) is 4.98 Å². The van der Waals surface area contributed by atoms with Crippen molar-refractivity contribution in [3.05, 3.63) is 16.1 Å². The van der Waals surface area contributed by atoms with E-state index in [-0.39, 0.29) is 0 Å². The van der Waals surface area contributed by atoms with Gasteiger partial charge >= 0.3 is 0 Å². The third kappa shape index (κ3) is 2.83. The molecule has 0 fully saturated rings. The molecule has 11 heavy (non-hydrogen) atoms. The lowest BCUT2D eigenvalue weighted by molar-refractivity contribution is 0.643. The van der Waals surface area contributed by atoms with Crippen LogP contribution < -0.4 is 0 Å². The lowest BCUT2D eigenvalue weighted by Gasteiger charge is -1.98. The predicted octanol–water partition coefficient (Wildman–Crippen LogP) is 2.77. The molecule has 0 bridgehead atoms. The van der Waals surface area contributed by atoms with Gasteiger partial charge in [-0.1, -0.05) is 13.8 Å². The Hall–Kier alpha value is -0.0200. The Morgan fingerprint density at radius 3 is 2.82 bits per heavy atom. The number of hydrogen-bond donors (Lipinski definition) is 1. The Morgan fingerprint density at radius 2 is 2.36 bits per heavy atom. The minimum Gasteiger partial charge on any atom is -0.245 e. The van der Waals surface area contributed by atoms with E-state index in [0.29, 0.717) is 5.92 Å². The van der Waals surface area contributed by atoms with Gasteiger partial charge in [0.1, 0.15) is 0 Å². The standard InChI is InChI=1S/C8H13NS2/c1-6(2)3-8-9-7(4-10)5-11-8/h5-6,10H,3-4H2,1-2H3. The van der Waals surface area contributed by atoms with E-state index in [1.54, 1.807) is 11.3 Å². The molecule has 1 aromatic heterocycles. The van der Waals surface area contributed by atoms with Gasteiger partial charge in [-0.15, -0.1) is 11.3 Å². The highest BCUT2D eigenvalue weighted by Gasteiger charge is 2.02. The van der Waals surface area contributed by atoms with Crippen molar-refractivity contribution in [3.8, 4) is 0 Å². The third-order valence-electron chi connectivity index (χ3n) is 1.34. The van der Waals surface area contributed by atoms with Gasteiger partial charge in [0.05, 0.1) is 10.7 Å². The average Bonchev–Trinajstić information content (AvgIpc) is 2.34. The molecule has 0 aliphatic heterocycles. The maximum atomic E-state index is 4.41. The molecule has 0 unspecified atom stereocenters. The normalized spacial score (nSPS) is 10.9. The van der Waals surface area contributed by atoms with Gasteiger partial charge in [0, 0.05) is 17.6 Å². The second kappa shape index (κ2) is 4.12. The molecule has 0 amide bonds. The van der Waals surface area contributed by atoms with Crippen LogP contribution in [0.1, 0.15) is 24.5 Å². The third-order valence-corrected chi connectivity index (χ3v) is 2.59. The van der Waals surface area contributed by atoms with Crippen molar-refractivity contribution in [2.75, 3.05) is 0 Å². The first-order chi connectivity index (χ1) is 5.22. The quantitative estimate of drug-likeness (QED) is 0.718. The van der Waals surface area contributed by atoms with Crippen LogP contribution in [0.2, 0.25) is 0 Å². The second-order valence-electron chi connectivity index (χ2n) is 2.99. The van der Waals surface area contributed by atoms with Crippen molar-refractivity contribution in [2.45, 2.75) is 26.0 Å². The highest BCUT2D eigenvalue weighted by atomic mass is 32.1. The number of thiazole rings is 1. The molecule has 0 atom stereocenters. The van der Waals surface area contributed by atoms with E-state index in [9.17, 15) is 0 Å². The molecule has 0 spiro atoms. The molecule has 62 valence electrons. The fourth-order valence-electron chi connectivity index (χ4n) is 0.865. The second-order valence-corrected chi connectivity index (χ2v) is 4.25. The van der Waals surface area contributed by atoms with Crippen molar-refractivity contribution < 1.29 is 0 Å². The molecule has 0 aliphatic carbocycles. The van der Waals surface area contributed by atoms with Gasteiger partial charge in [-0.3, -0.25) is 0 Å². The number of aromatic nitrogens is 1. The van der Waals surface area contributed by atoms with Crippen molar-refractivity contribution in [1.82, 2.24) is 4.98 Å². The van der Waals surface area contributed by atoms with Crippen molar-refractivity contribution in [3.63, 3.8) is 0 Å². The van der Waals surface area contributed by atoms with E-state index >= 15 is 0 Å². The molecule has 0 aromatic carbocycles. The zero-order chi connectivity index (χ0) is 8.27. The fraction of sp³-hybridized carbons (Fsp3) is 0.625. The topological polar surface area (TPSA) is 12.9 Å². The molecule has 0 aliphatic rings. The molecule has 3 heteroatoms. The van der Waals surface area contributed by atoms with Crippen LogP contribution in [0.15, 0.2) is 5.38 Å². The number of thiol groups is 1. The molecular weight excluding hydrogens is 174 g/mol. The van der Waals surface area contributed by atoms with E-state index in [2.05, 4.69) is 36.8 Å². The maximum Gasteiger partial charge on any atom is 0.0931 e. The monoisotopic (exact) mass is 187 g/mol. The summed E-state index contributed by atoms with van der Waals surface area (Å²) in [6.45, 7) is 4.42. The SMILES string of the molecule is CC(C)Cc1nc(CS)cs1. The van der Waals surface area contributed by atoms with Gasteiger partial charge in [-0.05, 0) is 5.92 Å². The Kier molecular flexibility index (Phi) is 3.40. The summed E-state index contributed by atoms with van der Waals surface area (Å²) in [5, 5.41) is 3.33. The molecule has 0 radical (unpaired) electrons. The largest absolute Gasteiger partial charge is 0.245 e. The van der Waals surface area contributed by atoms with Crippen molar-refractivity contribution >= 4 is 24.0 Å². The van der Waals surface area contributed by atoms with Crippen LogP contribution in [-0.2, 0) is 12.2 Å². The summed E-state index contributed by atoms with van der Waals surface area (Å²) in [6, 6.07) is 0. The summed E-state index contributed by atoms with van der Waals surface area (Å²) in [6.07, 6.45) is 1.10. The van der Waals surface area contributed by atoms with E-state index in [0.717, 1.165) is 17.9 Å². The van der Waals surface area contributed by atoms with Gasteiger partial charge < -0.3 is 0 Å². The lowest BCUT2D eigenvalue weighted by Crippen LogP contribution is -1.93. The van der Waals surface area contributed by atoms with Crippen LogP contribution in [0, 0.1) is 5.92 Å². The smallest absolute Gasteiger partial charge is 0.0931 e. The van der Waals surface area contributed by atoms with Crippen LogP contribution in [0.25, 0.3) is 0 Å². The first kappa shape index (κ1) is 9.07. The van der Waals surface area contributed by atoms with Gasteiger partial charge in [-0.25, -0.2) is 4.98 Å². The van der Waals surface area contributed by atoms with Gasteiger partial charge in [0.15, 0.2) is 0 Å². The van der Waals surface area contributed by atoms with Crippen molar-refractivity contribution in [1.29, 1.82) is 0 Å². The minimum absolute atomic E-state index is 0.703. The highest BCUT2D eigenvalue weighted by molar-refractivity contribution is 7.79.